The van der Waals surface area contributed by atoms with Crippen LogP contribution in [0.5, 0.6) is 0 Å². The van der Waals surface area contributed by atoms with Gasteiger partial charge in [-0.3, -0.25) is 9.59 Å². The second-order valence-electron chi connectivity index (χ2n) is 12.1. The zero-order valence-electron chi connectivity index (χ0n) is 22.9. The number of likely N-dealkylation sites (tertiary alicyclic amines) is 1. The fraction of sp³-hybridized carbons (Fsp3) is 0.484. The first kappa shape index (κ1) is 25.4. The van der Waals surface area contributed by atoms with Crippen LogP contribution in [0.25, 0.3) is 0 Å². The van der Waals surface area contributed by atoms with Gasteiger partial charge in [0, 0.05) is 50.6 Å². The Morgan fingerprint density at radius 1 is 1.08 bits per heavy atom. The molecule has 2 aromatic rings. The highest BCUT2D eigenvalue weighted by molar-refractivity contribution is 6.02. The number of amides is 1. The highest BCUT2D eigenvalue weighted by Gasteiger charge is 2.42. The maximum Gasteiger partial charge on any atom is 0.242 e. The molecule has 2 atom stereocenters. The fourth-order valence-corrected chi connectivity index (χ4v) is 6.19. The summed E-state index contributed by atoms with van der Waals surface area (Å²) in [6.45, 7) is 8.38. The van der Waals surface area contributed by atoms with Gasteiger partial charge in [0.05, 0.1) is 24.0 Å². The Balaban J connectivity index is 1.64. The molecule has 1 fully saturated rings. The third-order valence-corrected chi connectivity index (χ3v) is 8.04. The van der Waals surface area contributed by atoms with E-state index in [-0.39, 0.29) is 29.7 Å². The van der Waals surface area contributed by atoms with Crippen LogP contribution in [0.1, 0.15) is 58.1 Å². The standard InChI is InChI=1S/C31H40N4O2/c1-21-9-8-16-34(19-21)28(37)20-35-26-11-7-6-10-24(26)32-25-17-31(2,3)18-27(36)29(25)30(35)22-12-14-23(15-13-22)33(4)5/h6-7,10-15,21,30,32H,8-9,16-20H2,1-5H3. The van der Waals surface area contributed by atoms with Crippen LogP contribution in [0.3, 0.4) is 0 Å². The molecule has 196 valence electrons. The average Bonchev–Trinajstić information content (AvgIpc) is 2.98. The summed E-state index contributed by atoms with van der Waals surface area (Å²) in [5.74, 6) is 0.808. The molecule has 2 heterocycles. The molecule has 2 unspecified atom stereocenters. The van der Waals surface area contributed by atoms with E-state index in [2.05, 4.69) is 72.3 Å². The number of rotatable bonds is 4. The van der Waals surface area contributed by atoms with E-state index in [1.54, 1.807) is 0 Å². The van der Waals surface area contributed by atoms with Crippen molar-refractivity contribution in [1.82, 2.24) is 4.90 Å². The first-order chi connectivity index (χ1) is 17.6. The lowest BCUT2D eigenvalue weighted by Gasteiger charge is -2.39. The van der Waals surface area contributed by atoms with Crippen LogP contribution in [-0.2, 0) is 9.59 Å². The van der Waals surface area contributed by atoms with Gasteiger partial charge in [-0.2, -0.15) is 0 Å². The number of para-hydroxylation sites is 2. The number of piperidine rings is 1. The monoisotopic (exact) mass is 500 g/mol. The molecule has 1 saturated heterocycles. The molecule has 1 aliphatic carbocycles. The van der Waals surface area contributed by atoms with Crippen LogP contribution in [0.2, 0.25) is 0 Å². The largest absolute Gasteiger partial charge is 0.378 e. The van der Waals surface area contributed by atoms with Crippen LogP contribution in [0.15, 0.2) is 59.8 Å². The molecule has 1 amide bonds. The third kappa shape index (κ3) is 5.11. The smallest absolute Gasteiger partial charge is 0.242 e. The number of carbonyl (C=O) groups is 2. The molecule has 0 radical (unpaired) electrons. The molecule has 2 aromatic carbocycles. The average molecular weight is 501 g/mol. The Kier molecular flexibility index (Phi) is 6.78. The topological polar surface area (TPSA) is 55.9 Å². The van der Waals surface area contributed by atoms with Crippen molar-refractivity contribution in [1.29, 1.82) is 0 Å². The quantitative estimate of drug-likeness (QED) is 0.590. The predicted octanol–water partition coefficient (Wildman–Crippen LogP) is 5.63. The van der Waals surface area contributed by atoms with Crippen molar-refractivity contribution in [3.8, 4) is 0 Å². The number of allylic oxidation sites excluding steroid dienone is 1. The van der Waals surface area contributed by atoms with Crippen LogP contribution < -0.4 is 15.1 Å². The Morgan fingerprint density at radius 2 is 1.81 bits per heavy atom. The van der Waals surface area contributed by atoms with Crippen LogP contribution >= 0.6 is 0 Å². The number of hydrogen-bond donors (Lipinski definition) is 1. The number of anilines is 3. The van der Waals surface area contributed by atoms with Gasteiger partial charge in [0.2, 0.25) is 5.91 Å². The second-order valence-corrected chi connectivity index (χ2v) is 12.1. The molecule has 6 heteroatoms. The van der Waals surface area contributed by atoms with E-state index in [0.717, 1.165) is 59.8 Å². The van der Waals surface area contributed by atoms with Crippen molar-refractivity contribution >= 4 is 28.8 Å². The van der Waals surface area contributed by atoms with Crippen molar-refractivity contribution in [3.05, 3.63) is 65.4 Å². The SMILES string of the molecule is CC1CCCN(C(=O)CN2c3ccccc3NC3=C(C(=O)CC(C)(C)C3)C2c2ccc(N(C)C)cc2)C1. The molecule has 3 aliphatic rings. The molecule has 6 nitrogen and oxygen atoms in total. The molecule has 2 aliphatic heterocycles. The highest BCUT2D eigenvalue weighted by atomic mass is 16.2. The molecule has 37 heavy (non-hydrogen) atoms. The van der Waals surface area contributed by atoms with Gasteiger partial charge in [-0.1, -0.05) is 45.0 Å². The van der Waals surface area contributed by atoms with E-state index in [0.29, 0.717) is 12.3 Å². The number of Topliss-reactive ketones (excluding diaryl/α,β-unsaturated/α-hetero) is 1. The van der Waals surface area contributed by atoms with Gasteiger partial charge < -0.3 is 20.0 Å². The van der Waals surface area contributed by atoms with Gasteiger partial charge in [-0.15, -0.1) is 0 Å². The Bertz CT molecular complexity index is 1210. The molecule has 1 N–H and O–H groups in total. The van der Waals surface area contributed by atoms with E-state index < -0.39 is 0 Å². The molecule has 0 spiro atoms. The van der Waals surface area contributed by atoms with Gasteiger partial charge in [0.15, 0.2) is 5.78 Å². The number of nitrogens with one attached hydrogen (secondary N) is 1. The number of carbonyl (C=O) groups excluding carboxylic acids is 2. The Morgan fingerprint density at radius 3 is 2.51 bits per heavy atom. The zero-order valence-corrected chi connectivity index (χ0v) is 22.9. The fourth-order valence-electron chi connectivity index (χ4n) is 6.19. The summed E-state index contributed by atoms with van der Waals surface area (Å²) in [5.41, 5.74) is 5.71. The van der Waals surface area contributed by atoms with Crippen LogP contribution in [0.4, 0.5) is 17.1 Å². The normalized spacial score (nSPS) is 23.1. The van der Waals surface area contributed by atoms with Gasteiger partial charge in [0.25, 0.3) is 0 Å². The molecule has 5 rings (SSSR count). The van der Waals surface area contributed by atoms with E-state index in [4.69, 9.17) is 0 Å². The molecule has 0 bridgehead atoms. The number of nitrogens with zero attached hydrogens (tertiary/aromatic N) is 3. The summed E-state index contributed by atoms with van der Waals surface area (Å²) >= 11 is 0. The first-order valence-corrected chi connectivity index (χ1v) is 13.6. The maximum absolute atomic E-state index is 13.9. The van der Waals surface area contributed by atoms with Gasteiger partial charge >= 0.3 is 0 Å². The molecule has 0 aromatic heterocycles. The van der Waals surface area contributed by atoms with Gasteiger partial charge in [-0.05, 0) is 60.4 Å². The summed E-state index contributed by atoms with van der Waals surface area (Å²) in [4.78, 5) is 33.9. The van der Waals surface area contributed by atoms with Crippen molar-refractivity contribution in [2.75, 3.05) is 48.8 Å². The number of hydrogen-bond acceptors (Lipinski definition) is 5. The highest BCUT2D eigenvalue weighted by Crippen LogP contribution is 2.48. The molecule has 0 saturated carbocycles. The maximum atomic E-state index is 13.9. The van der Waals surface area contributed by atoms with E-state index >= 15 is 0 Å². The minimum Gasteiger partial charge on any atom is -0.378 e. The number of fused-ring (bicyclic) bond motifs is 1. The summed E-state index contributed by atoms with van der Waals surface area (Å²) in [7, 11) is 4.05. The Hall–Kier alpha value is -3.28. The number of ketones is 1. The predicted molar refractivity (Wildman–Crippen MR) is 151 cm³/mol. The van der Waals surface area contributed by atoms with E-state index in [1.807, 2.05) is 31.1 Å². The molecular formula is C31H40N4O2. The lowest BCUT2D eigenvalue weighted by molar-refractivity contribution is -0.131. The van der Waals surface area contributed by atoms with Crippen molar-refractivity contribution in [2.24, 2.45) is 11.3 Å². The van der Waals surface area contributed by atoms with Gasteiger partial charge in [-0.25, -0.2) is 0 Å². The minimum atomic E-state index is -0.336. The number of benzene rings is 2. The van der Waals surface area contributed by atoms with E-state index in [9.17, 15) is 9.59 Å². The van der Waals surface area contributed by atoms with Crippen LogP contribution in [-0.4, -0.2) is 50.3 Å². The summed E-state index contributed by atoms with van der Waals surface area (Å²) in [6, 6.07) is 16.3. The lowest BCUT2D eigenvalue weighted by Crippen LogP contribution is -2.46. The van der Waals surface area contributed by atoms with E-state index in [1.165, 1.54) is 6.42 Å². The first-order valence-electron chi connectivity index (χ1n) is 13.6. The lowest BCUT2D eigenvalue weighted by atomic mass is 9.73. The van der Waals surface area contributed by atoms with Gasteiger partial charge in [0.1, 0.15) is 0 Å². The summed E-state index contributed by atoms with van der Waals surface area (Å²) < 4.78 is 0. The third-order valence-electron chi connectivity index (χ3n) is 8.04. The Labute approximate surface area is 221 Å². The summed E-state index contributed by atoms with van der Waals surface area (Å²) in [6.07, 6.45) is 3.51. The van der Waals surface area contributed by atoms with Crippen LogP contribution in [0, 0.1) is 11.3 Å². The molecular weight excluding hydrogens is 460 g/mol. The summed E-state index contributed by atoms with van der Waals surface area (Å²) in [5, 5.41) is 3.65. The van der Waals surface area contributed by atoms with Crippen molar-refractivity contribution in [3.63, 3.8) is 0 Å². The second kappa shape index (κ2) is 9.88. The van der Waals surface area contributed by atoms with Crippen molar-refractivity contribution < 1.29 is 9.59 Å². The van der Waals surface area contributed by atoms with Crippen molar-refractivity contribution in [2.45, 2.75) is 52.5 Å². The zero-order chi connectivity index (χ0) is 26.3. The minimum absolute atomic E-state index is 0.119.